The van der Waals surface area contributed by atoms with Gasteiger partial charge < -0.3 is 9.67 Å². The van der Waals surface area contributed by atoms with E-state index < -0.39 is 5.97 Å². The van der Waals surface area contributed by atoms with Crippen LogP contribution in [0.2, 0.25) is 0 Å². The van der Waals surface area contributed by atoms with Crippen LogP contribution in [0.15, 0.2) is 34.8 Å². The van der Waals surface area contributed by atoms with Crippen LogP contribution in [0.5, 0.6) is 0 Å². The van der Waals surface area contributed by atoms with E-state index in [4.69, 9.17) is 5.11 Å². The second-order valence-electron chi connectivity index (χ2n) is 4.65. The number of benzene rings is 1. The van der Waals surface area contributed by atoms with Crippen LogP contribution in [0.1, 0.15) is 27.3 Å². The lowest BCUT2D eigenvalue weighted by atomic mass is 10.1. The lowest BCUT2D eigenvalue weighted by Gasteiger charge is -2.06. The maximum absolute atomic E-state index is 12.4. The van der Waals surface area contributed by atoms with Gasteiger partial charge in [-0.2, -0.15) is 0 Å². The van der Waals surface area contributed by atoms with Crippen LogP contribution in [0.25, 0.3) is 0 Å². The summed E-state index contributed by atoms with van der Waals surface area (Å²) in [6.07, 6.45) is -0.127. The summed E-state index contributed by atoms with van der Waals surface area (Å²) in [4.78, 5) is 23.3. The summed E-state index contributed by atoms with van der Waals surface area (Å²) in [5.74, 6) is -1.05. The largest absolute Gasteiger partial charge is 0.481 e. The van der Waals surface area contributed by atoms with E-state index >= 15 is 0 Å². The molecule has 4 nitrogen and oxygen atoms in total. The number of nitrogens with zero attached hydrogens (tertiary/aromatic N) is 1. The molecule has 0 aliphatic heterocycles. The molecule has 104 valence electrons. The van der Waals surface area contributed by atoms with Crippen LogP contribution in [0.4, 0.5) is 0 Å². The summed E-state index contributed by atoms with van der Waals surface area (Å²) in [5.41, 5.74) is 2.72. The molecule has 2 rings (SSSR count). The lowest BCUT2D eigenvalue weighted by Crippen LogP contribution is -2.11. The quantitative estimate of drug-likeness (QED) is 0.874. The SMILES string of the molecule is Cc1ccc(C(=O)c2cc(Br)c(CC(=O)O)n2C)cc1. The third kappa shape index (κ3) is 2.82. The first-order valence-corrected chi connectivity index (χ1v) is 6.86. The van der Waals surface area contributed by atoms with E-state index in [1.807, 2.05) is 19.1 Å². The zero-order valence-corrected chi connectivity index (χ0v) is 12.8. The minimum atomic E-state index is -0.929. The van der Waals surface area contributed by atoms with Crippen molar-refractivity contribution in [3.05, 3.63) is 57.3 Å². The third-order valence-electron chi connectivity index (χ3n) is 3.17. The van der Waals surface area contributed by atoms with Crippen molar-refractivity contribution in [2.24, 2.45) is 7.05 Å². The first-order chi connectivity index (χ1) is 9.40. The van der Waals surface area contributed by atoms with Gasteiger partial charge >= 0.3 is 5.97 Å². The average Bonchev–Trinajstić information content (AvgIpc) is 2.66. The van der Waals surface area contributed by atoms with E-state index in [0.29, 0.717) is 21.4 Å². The summed E-state index contributed by atoms with van der Waals surface area (Å²) >= 11 is 3.31. The Labute approximate surface area is 125 Å². The second kappa shape index (κ2) is 5.63. The van der Waals surface area contributed by atoms with E-state index in [-0.39, 0.29) is 12.2 Å². The Morgan fingerprint density at radius 2 is 1.85 bits per heavy atom. The fourth-order valence-electron chi connectivity index (χ4n) is 2.02. The summed E-state index contributed by atoms with van der Waals surface area (Å²) in [6, 6.07) is 8.97. The molecular formula is C15H14BrNO3. The number of ketones is 1. The number of carboxylic acids is 1. The molecule has 0 saturated carbocycles. The molecule has 2 aromatic rings. The molecule has 0 bridgehead atoms. The summed E-state index contributed by atoms with van der Waals surface area (Å²) < 4.78 is 2.26. The van der Waals surface area contributed by atoms with Crippen LogP contribution in [-0.2, 0) is 18.3 Å². The lowest BCUT2D eigenvalue weighted by molar-refractivity contribution is -0.136. The summed E-state index contributed by atoms with van der Waals surface area (Å²) in [7, 11) is 1.70. The number of aryl methyl sites for hydroxylation is 1. The molecule has 0 atom stereocenters. The van der Waals surface area contributed by atoms with Gasteiger partial charge in [-0.1, -0.05) is 29.8 Å². The Morgan fingerprint density at radius 1 is 1.25 bits per heavy atom. The van der Waals surface area contributed by atoms with Crippen molar-refractivity contribution in [3.8, 4) is 0 Å². The van der Waals surface area contributed by atoms with Crippen LogP contribution in [0.3, 0.4) is 0 Å². The molecule has 1 heterocycles. The third-order valence-corrected chi connectivity index (χ3v) is 3.86. The van der Waals surface area contributed by atoms with Gasteiger partial charge in [-0.05, 0) is 28.9 Å². The Hall–Kier alpha value is -1.88. The van der Waals surface area contributed by atoms with E-state index in [0.717, 1.165) is 5.56 Å². The normalized spacial score (nSPS) is 10.6. The van der Waals surface area contributed by atoms with Crippen LogP contribution in [0, 0.1) is 6.92 Å². The van der Waals surface area contributed by atoms with Gasteiger partial charge in [0.25, 0.3) is 0 Å². The Balaban J connectivity index is 2.40. The van der Waals surface area contributed by atoms with Gasteiger partial charge in [0.2, 0.25) is 5.78 Å². The highest BCUT2D eigenvalue weighted by Gasteiger charge is 2.19. The van der Waals surface area contributed by atoms with Crippen molar-refractivity contribution < 1.29 is 14.7 Å². The molecule has 1 aromatic carbocycles. The molecule has 0 amide bonds. The van der Waals surface area contributed by atoms with Crippen molar-refractivity contribution in [3.63, 3.8) is 0 Å². The zero-order chi connectivity index (χ0) is 14.9. The smallest absolute Gasteiger partial charge is 0.309 e. The van der Waals surface area contributed by atoms with Crippen LogP contribution in [-0.4, -0.2) is 21.4 Å². The monoisotopic (exact) mass is 335 g/mol. The number of halogens is 1. The van der Waals surface area contributed by atoms with Gasteiger partial charge in [-0.25, -0.2) is 0 Å². The molecule has 1 N–H and O–H groups in total. The Morgan fingerprint density at radius 3 is 2.40 bits per heavy atom. The minimum Gasteiger partial charge on any atom is -0.481 e. The topological polar surface area (TPSA) is 59.3 Å². The van der Waals surface area contributed by atoms with E-state index in [9.17, 15) is 9.59 Å². The number of hydrogen-bond donors (Lipinski definition) is 1. The van der Waals surface area contributed by atoms with Crippen molar-refractivity contribution in [1.82, 2.24) is 4.57 Å². The molecule has 0 unspecified atom stereocenters. The van der Waals surface area contributed by atoms with Gasteiger partial charge in [0.1, 0.15) is 0 Å². The summed E-state index contributed by atoms with van der Waals surface area (Å²) in [6.45, 7) is 1.96. The van der Waals surface area contributed by atoms with Gasteiger partial charge in [0, 0.05) is 22.8 Å². The number of carboxylic acid groups (broad SMARTS) is 1. The minimum absolute atomic E-state index is 0.121. The zero-order valence-electron chi connectivity index (χ0n) is 11.2. The number of aliphatic carboxylic acids is 1. The first kappa shape index (κ1) is 14.5. The average molecular weight is 336 g/mol. The number of aromatic nitrogens is 1. The van der Waals surface area contributed by atoms with Crippen molar-refractivity contribution >= 4 is 27.7 Å². The van der Waals surface area contributed by atoms with Crippen LogP contribution >= 0.6 is 15.9 Å². The number of rotatable bonds is 4. The highest BCUT2D eigenvalue weighted by atomic mass is 79.9. The summed E-state index contributed by atoms with van der Waals surface area (Å²) in [5, 5.41) is 8.89. The molecule has 5 heteroatoms. The molecular weight excluding hydrogens is 322 g/mol. The Kier molecular flexibility index (Phi) is 4.09. The highest BCUT2D eigenvalue weighted by molar-refractivity contribution is 9.10. The predicted molar refractivity (Wildman–Crippen MR) is 79.1 cm³/mol. The molecule has 0 radical (unpaired) electrons. The standard InChI is InChI=1S/C15H14BrNO3/c1-9-3-5-10(6-4-9)15(20)13-7-11(16)12(17(13)2)8-14(18)19/h3-7H,8H2,1-2H3,(H,18,19). The van der Waals surface area contributed by atoms with Crippen molar-refractivity contribution in [2.75, 3.05) is 0 Å². The van der Waals surface area contributed by atoms with Gasteiger partial charge in [0.15, 0.2) is 0 Å². The van der Waals surface area contributed by atoms with Gasteiger partial charge in [-0.3, -0.25) is 9.59 Å². The van der Waals surface area contributed by atoms with Gasteiger partial charge in [0.05, 0.1) is 12.1 Å². The molecule has 0 spiro atoms. The molecule has 20 heavy (non-hydrogen) atoms. The van der Waals surface area contributed by atoms with Crippen LogP contribution < -0.4 is 0 Å². The molecule has 0 aliphatic rings. The number of hydrogen-bond acceptors (Lipinski definition) is 2. The Bertz CT molecular complexity index is 671. The highest BCUT2D eigenvalue weighted by Crippen LogP contribution is 2.23. The van der Waals surface area contributed by atoms with E-state index in [2.05, 4.69) is 15.9 Å². The first-order valence-electron chi connectivity index (χ1n) is 6.07. The predicted octanol–water partition coefficient (Wildman–Crippen LogP) is 2.95. The molecule has 1 aromatic heterocycles. The van der Waals surface area contributed by atoms with E-state index in [1.54, 1.807) is 29.8 Å². The van der Waals surface area contributed by atoms with Crippen molar-refractivity contribution in [1.29, 1.82) is 0 Å². The van der Waals surface area contributed by atoms with Gasteiger partial charge in [-0.15, -0.1) is 0 Å². The van der Waals surface area contributed by atoms with Crippen molar-refractivity contribution in [2.45, 2.75) is 13.3 Å². The number of carbonyl (C=O) groups is 2. The molecule has 0 fully saturated rings. The maximum Gasteiger partial charge on any atom is 0.309 e. The fraction of sp³-hybridized carbons (Fsp3) is 0.200. The fourth-order valence-corrected chi connectivity index (χ4v) is 2.65. The number of carbonyl (C=O) groups excluding carboxylic acids is 1. The second-order valence-corrected chi connectivity index (χ2v) is 5.50. The van der Waals surface area contributed by atoms with E-state index in [1.165, 1.54) is 0 Å². The maximum atomic E-state index is 12.4. The molecule has 0 saturated heterocycles. The molecule has 0 aliphatic carbocycles.